The first-order valence-electron chi connectivity index (χ1n) is 20.3. The van der Waals surface area contributed by atoms with Crippen LogP contribution in [0.4, 0.5) is 0 Å². The van der Waals surface area contributed by atoms with Crippen LogP contribution in [0.3, 0.4) is 0 Å². The van der Waals surface area contributed by atoms with Gasteiger partial charge in [-0.1, -0.05) is 89.1 Å². The normalized spacial score (nSPS) is 10.7. The first-order chi connectivity index (χ1) is 29.2. The van der Waals surface area contributed by atoms with Crippen molar-refractivity contribution >= 4 is 80.6 Å². The summed E-state index contributed by atoms with van der Waals surface area (Å²) in [7, 11) is 1.25. The van der Waals surface area contributed by atoms with Crippen molar-refractivity contribution in [3.63, 3.8) is 0 Å². The number of nitrogens with two attached hydrogens (primary N) is 1. The number of Topliss-reactive ketones (excluding diaryl/α,β-unsaturated/α-hetero) is 1. The Balaban J connectivity index is 0.000000493. The average Bonchev–Trinajstić information content (AvgIpc) is 3.99. The van der Waals surface area contributed by atoms with Gasteiger partial charge in [0, 0.05) is 66.9 Å². The number of aryl methyl sites for hydroxylation is 1. The van der Waals surface area contributed by atoms with Crippen molar-refractivity contribution in [2.75, 3.05) is 13.1 Å². The summed E-state index contributed by atoms with van der Waals surface area (Å²) in [4.78, 5) is 43.0. The number of aliphatic imine (C=N–C) groups is 1. The summed E-state index contributed by atoms with van der Waals surface area (Å²) in [5, 5.41) is 7.34. The minimum atomic E-state index is -0.260. The van der Waals surface area contributed by atoms with Gasteiger partial charge in [-0.15, -0.1) is 12.4 Å². The van der Waals surface area contributed by atoms with Crippen LogP contribution in [0.15, 0.2) is 115 Å². The zero-order chi connectivity index (χ0) is 43.4. The lowest BCUT2D eigenvalue weighted by Crippen LogP contribution is -2.30. The number of isothiocyanates is 1. The molecule has 2 aromatic carbocycles. The lowest BCUT2D eigenvalue weighted by Gasteiger charge is -2.11. The van der Waals surface area contributed by atoms with Crippen LogP contribution in [0.2, 0.25) is 0 Å². The first-order valence-corrected chi connectivity index (χ1v) is 20.1. The second-order valence-electron chi connectivity index (χ2n) is 13.8. The number of halogens is 1. The van der Waals surface area contributed by atoms with Crippen molar-refractivity contribution in [3.8, 4) is 23.7 Å². The molecule has 0 spiro atoms. The molecule has 0 fully saturated rings. The number of amides is 1. The number of nitrogens with zero attached hydrogens (tertiary/aromatic N) is 3. The molecule has 0 aliphatic heterocycles. The number of nitrogens with one attached hydrogen (secondary N) is 3. The van der Waals surface area contributed by atoms with Crippen LogP contribution in [0.25, 0.3) is 22.1 Å². The number of hydrogen-bond acceptors (Lipinski definition) is 8. The fraction of sp³-hybridized carbons (Fsp3) is 0.306. The maximum Gasteiger partial charge on any atom is 0.296 e. The van der Waals surface area contributed by atoms with Gasteiger partial charge in [0.05, 0.1) is 11.7 Å². The average molecular weight is 878 g/mol. The molecule has 9 nitrogen and oxygen atoms in total. The highest BCUT2D eigenvalue weighted by Crippen LogP contribution is 2.19. The summed E-state index contributed by atoms with van der Waals surface area (Å²) in [6.45, 7) is 5.86. The molecule has 1 amide bonds. The third-order valence-corrected chi connectivity index (χ3v) is 9.63. The monoisotopic (exact) mass is 876 g/mol. The molecule has 2 atom stereocenters. The molecule has 0 saturated carbocycles. The Kier molecular flexibility index (Phi) is 25.5. The molecule has 0 aliphatic carbocycles. The van der Waals surface area contributed by atoms with Gasteiger partial charge in [0.25, 0.3) is 5.91 Å². The zero-order valence-corrected chi connectivity index (χ0v) is 36.8. The van der Waals surface area contributed by atoms with E-state index >= 15 is 0 Å². The molecule has 12 heteroatoms. The van der Waals surface area contributed by atoms with Gasteiger partial charge in [-0.25, -0.2) is 15.0 Å². The Morgan fingerprint density at radius 1 is 0.787 bits per heavy atom. The molecular formula is C49H58ClN7O2S2. The van der Waals surface area contributed by atoms with Crippen molar-refractivity contribution in [3.05, 3.63) is 132 Å². The van der Waals surface area contributed by atoms with E-state index in [1.165, 1.54) is 18.4 Å². The lowest BCUT2D eigenvalue weighted by atomic mass is 9.96. The minimum absolute atomic E-state index is 0. The molecule has 320 valence electrons. The van der Waals surface area contributed by atoms with Crippen LogP contribution in [0.5, 0.6) is 0 Å². The van der Waals surface area contributed by atoms with E-state index in [1.807, 2.05) is 98.3 Å². The van der Waals surface area contributed by atoms with Crippen LogP contribution in [-0.4, -0.2) is 54.7 Å². The predicted octanol–water partition coefficient (Wildman–Crippen LogP) is 10.3. The zero-order valence-electron chi connectivity index (χ0n) is 35.4. The van der Waals surface area contributed by atoms with E-state index in [-0.39, 0.29) is 37.4 Å². The second-order valence-corrected chi connectivity index (χ2v) is 14.5. The SMILES string of the molecule is C.CC(CCC(=O)C#Cc1ccccc1)CCC(=S)CCc1ccnc2[nH]ccc12.CC(CN)CNC(=O)C#Cc1ccccc1.Cl.S=C=NCc1ccnc2[nH]ccc12.[2H]C. The number of thiocarbonyl (C=S) groups is 2. The number of H-pyrrole nitrogens is 2. The van der Waals surface area contributed by atoms with Crippen LogP contribution >= 0.6 is 36.8 Å². The standard InChI is InChI=1S/C25H26N2OS.C13H16N2O.C9H7N3S.2CH4.ClH/c1-19(7-11-22(28)12-9-20-5-3-2-4-6-20)8-13-23(29)14-10-21-15-17-26-25-24(21)16-18-27-25;1-11(9-14)10-15-13(16)8-7-12-5-3-2-4-6-12;13-6-10-5-7-1-3-11-9-8(7)2-4-12-9;;;/h2-6,15-19H,7-8,10-11,13-14H2,1H3,(H,26,27);2-6,11H,9-10,14H2,1H3,(H,15,16);1-4H,5H2,(H,11,12);2*1H4;1H/i;;;1D;;. The van der Waals surface area contributed by atoms with Crippen molar-refractivity contribution in [2.24, 2.45) is 22.6 Å². The Labute approximate surface area is 380 Å². The topological polar surface area (TPSA) is 142 Å². The largest absolute Gasteiger partial charge is 0.346 e. The van der Waals surface area contributed by atoms with Crippen molar-refractivity contribution in [1.29, 1.82) is 0 Å². The summed E-state index contributed by atoms with van der Waals surface area (Å²) >= 11 is 10.1. The van der Waals surface area contributed by atoms with Crippen LogP contribution in [0, 0.1) is 35.5 Å². The molecule has 0 bridgehead atoms. The fourth-order valence-corrected chi connectivity index (χ4v) is 5.89. The highest BCUT2D eigenvalue weighted by Gasteiger charge is 2.09. The number of hydrogen-bond donors (Lipinski definition) is 4. The molecule has 6 aromatic rings. The predicted molar refractivity (Wildman–Crippen MR) is 263 cm³/mol. The van der Waals surface area contributed by atoms with Gasteiger partial charge in [0.2, 0.25) is 5.78 Å². The van der Waals surface area contributed by atoms with E-state index in [1.54, 1.807) is 6.20 Å². The van der Waals surface area contributed by atoms with Gasteiger partial charge in [0.1, 0.15) is 11.3 Å². The van der Waals surface area contributed by atoms with Gasteiger partial charge in [-0.05, 0) is 133 Å². The number of ketones is 1. The lowest BCUT2D eigenvalue weighted by molar-refractivity contribution is -0.116. The van der Waals surface area contributed by atoms with E-state index < -0.39 is 0 Å². The van der Waals surface area contributed by atoms with E-state index in [2.05, 4.69) is 90.4 Å². The molecule has 0 saturated heterocycles. The maximum absolute atomic E-state index is 12.0. The highest BCUT2D eigenvalue weighted by atomic mass is 35.5. The Morgan fingerprint density at radius 3 is 1.90 bits per heavy atom. The number of carbonyl (C=O) groups excluding carboxylic acids is 2. The molecular weight excluding hydrogens is 818 g/mol. The second kappa shape index (κ2) is 30.3. The molecule has 2 unspecified atom stereocenters. The summed E-state index contributed by atoms with van der Waals surface area (Å²) in [6, 6.07) is 27.1. The highest BCUT2D eigenvalue weighted by molar-refractivity contribution is 7.80. The van der Waals surface area contributed by atoms with Crippen molar-refractivity contribution < 1.29 is 11.0 Å². The minimum Gasteiger partial charge on any atom is -0.346 e. The summed E-state index contributed by atoms with van der Waals surface area (Å²) < 4.78 is 5.75. The quantitative estimate of drug-likeness (QED) is 0.0485. The molecule has 4 aromatic heterocycles. The molecule has 5 N–H and O–H groups in total. The van der Waals surface area contributed by atoms with Crippen molar-refractivity contribution in [1.82, 2.24) is 25.3 Å². The number of aromatic amines is 2. The van der Waals surface area contributed by atoms with Crippen LogP contribution < -0.4 is 11.1 Å². The number of benzene rings is 2. The third kappa shape index (κ3) is 19.9. The number of rotatable bonds is 14. The number of pyridine rings is 2. The summed E-state index contributed by atoms with van der Waals surface area (Å²) in [5.74, 6) is 11.5. The van der Waals surface area contributed by atoms with Gasteiger partial charge < -0.3 is 21.0 Å². The molecule has 6 rings (SSSR count). The fourth-order valence-electron chi connectivity index (χ4n) is 5.61. The third-order valence-electron chi connectivity index (χ3n) is 9.10. The number of aromatic nitrogens is 4. The summed E-state index contributed by atoms with van der Waals surface area (Å²) in [6.07, 6.45) is 12.6. The molecule has 0 aliphatic rings. The van der Waals surface area contributed by atoms with Gasteiger partial charge >= 0.3 is 0 Å². The smallest absolute Gasteiger partial charge is 0.296 e. The van der Waals surface area contributed by atoms with Gasteiger partial charge in [0.15, 0.2) is 0 Å². The van der Waals surface area contributed by atoms with E-state index in [4.69, 9.17) is 19.3 Å². The van der Waals surface area contributed by atoms with Crippen molar-refractivity contribution in [2.45, 2.75) is 73.7 Å². The van der Waals surface area contributed by atoms with Gasteiger partial charge in [-0.3, -0.25) is 9.59 Å². The van der Waals surface area contributed by atoms with E-state index in [9.17, 15) is 9.59 Å². The van der Waals surface area contributed by atoms with Crippen LogP contribution in [0.1, 0.15) is 84.4 Å². The maximum atomic E-state index is 12.0. The molecule has 61 heavy (non-hydrogen) atoms. The Hall–Kier alpha value is -5.78. The Bertz CT molecular complexity index is 2410. The van der Waals surface area contributed by atoms with Crippen LogP contribution in [-0.2, 0) is 22.6 Å². The summed E-state index contributed by atoms with van der Waals surface area (Å²) in [5.41, 5.74) is 11.4. The number of fused-ring (bicyclic) bond motifs is 2. The molecule has 0 radical (unpaired) electrons. The first kappa shape index (κ1) is 51.4. The van der Waals surface area contributed by atoms with Gasteiger partial charge in [-0.2, -0.15) is 0 Å². The van der Waals surface area contributed by atoms with E-state index in [0.717, 1.165) is 70.3 Å². The number of carbonyl (C=O) groups is 2. The Morgan fingerprint density at radius 2 is 1.33 bits per heavy atom. The van der Waals surface area contributed by atoms with E-state index in [0.29, 0.717) is 32.0 Å². The molecule has 4 heterocycles.